The SMILES string of the molecule is S=C[C@@H]1CCCN1. The number of thiocarbonyl (C=S) groups is 1. The zero-order chi connectivity index (χ0) is 5.11. The Hall–Kier alpha value is 0.0500. The summed E-state index contributed by atoms with van der Waals surface area (Å²) in [7, 11) is 0. The van der Waals surface area contributed by atoms with Crippen LogP contribution in [0.15, 0.2) is 0 Å². The first-order valence-electron chi connectivity index (χ1n) is 2.62. The molecule has 0 aliphatic carbocycles. The van der Waals surface area contributed by atoms with E-state index in [1.54, 1.807) is 0 Å². The molecule has 0 saturated carbocycles. The Morgan fingerprint density at radius 3 is 2.86 bits per heavy atom. The van der Waals surface area contributed by atoms with Gasteiger partial charge < -0.3 is 5.32 Å². The molecule has 1 aliphatic heterocycles. The minimum atomic E-state index is 0.537. The van der Waals surface area contributed by atoms with Crippen molar-refractivity contribution >= 4 is 17.6 Å². The molecule has 1 nitrogen and oxygen atoms in total. The van der Waals surface area contributed by atoms with Crippen LogP contribution in [0.3, 0.4) is 0 Å². The van der Waals surface area contributed by atoms with Gasteiger partial charge in [-0.2, -0.15) is 0 Å². The van der Waals surface area contributed by atoms with E-state index in [0.29, 0.717) is 6.04 Å². The van der Waals surface area contributed by atoms with Gasteiger partial charge in [-0.3, -0.25) is 0 Å². The van der Waals surface area contributed by atoms with E-state index in [2.05, 4.69) is 5.32 Å². The molecule has 1 N–H and O–H groups in total. The number of nitrogens with one attached hydrogen (secondary N) is 1. The van der Waals surface area contributed by atoms with Crippen molar-refractivity contribution in [1.29, 1.82) is 0 Å². The maximum Gasteiger partial charge on any atom is 0.0354 e. The Balaban J connectivity index is 2.26. The molecular formula is C5H9NS. The Labute approximate surface area is 49.1 Å². The van der Waals surface area contributed by atoms with Crippen molar-refractivity contribution < 1.29 is 0 Å². The summed E-state index contributed by atoms with van der Waals surface area (Å²) < 4.78 is 0. The molecule has 7 heavy (non-hydrogen) atoms. The van der Waals surface area contributed by atoms with Crippen molar-refractivity contribution in [3.63, 3.8) is 0 Å². The summed E-state index contributed by atoms with van der Waals surface area (Å²) in [6, 6.07) is 0.537. The van der Waals surface area contributed by atoms with Gasteiger partial charge in [-0.25, -0.2) is 0 Å². The number of hydrogen-bond donors (Lipinski definition) is 1. The van der Waals surface area contributed by atoms with Crippen molar-refractivity contribution in [2.24, 2.45) is 0 Å². The highest BCUT2D eigenvalue weighted by atomic mass is 32.1. The molecule has 1 atom stereocenters. The first-order valence-corrected chi connectivity index (χ1v) is 3.09. The second kappa shape index (κ2) is 2.38. The van der Waals surface area contributed by atoms with E-state index in [1.165, 1.54) is 12.8 Å². The van der Waals surface area contributed by atoms with E-state index in [1.807, 2.05) is 5.37 Å². The Morgan fingerprint density at radius 1 is 1.71 bits per heavy atom. The second-order valence-corrected chi connectivity index (χ2v) is 2.11. The van der Waals surface area contributed by atoms with Crippen LogP contribution in [0.5, 0.6) is 0 Å². The van der Waals surface area contributed by atoms with E-state index in [0.717, 1.165) is 6.54 Å². The second-order valence-electron chi connectivity index (χ2n) is 1.84. The lowest BCUT2D eigenvalue weighted by Crippen LogP contribution is -2.21. The van der Waals surface area contributed by atoms with Gasteiger partial charge in [-0.05, 0) is 24.8 Å². The molecule has 40 valence electrons. The molecule has 2 heteroatoms. The first-order chi connectivity index (χ1) is 3.43. The zero-order valence-corrected chi connectivity index (χ0v) is 5.00. The van der Waals surface area contributed by atoms with Crippen LogP contribution < -0.4 is 5.32 Å². The maximum atomic E-state index is 4.72. The highest BCUT2D eigenvalue weighted by Gasteiger charge is 2.08. The van der Waals surface area contributed by atoms with E-state index < -0.39 is 0 Å². The third-order valence-corrected chi connectivity index (χ3v) is 1.59. The summed E-state index contributed by atoms with van der Waals surface area (Å²) in [6.45, 7) is 1.15. The number of hydrogen-bond acceptors (Lipinski definition) is 2. The van der Waals surface area contributed by atoms with Crippen LogP contribution in [0.4, 0.5) is 0 Å². The predicted octanol–water partition coefficient (Wildman–Crippen LogP) is 0.738. The van der Waals surface area contributed by atoms with E-state index in [9.17, 15) is 0 Å². The quantitative estimate of drug-likeness (QED) is 0.506. The predicted molar refractivity (Wildman–Crippen MR) is 34.7 cm³/mol. The molecule has 0 unspecified atom stereocenters. The summed E-state index contributed by atoms with van der Waals surface area (Å²) in [6.07, 6.45) is 2.53. The monoisotopic (exact) mass is 115 g/mol. The summed E-state index contributed by atoms with van der Waals surface area (Å²) in [5, 5.41) is 5.06. The normalized spacial score (nSPS) is 30.6. The lowest BCUT2D eigenvalue weighted by molar-refractivity contribution is 0.781. The minimum Gasteiger partial charge on any atom is -0.310 e. The van der Waals surface area contributed by atoms with E-state index in [-0.39, 0.29) is 0 Å². The summed E-state index contributed by atoms with van der Waals surface area (Å²) >= 11 is 4.72. The molecule has 0 amide bonds. The van der Waals surface area contributed by atoms with Gasteiger partial charge in [0.25, 0.3) is 0 Å². The first kappa shape index (κ1) is 5.19. The van der Waals surface area contributed by atoms with E-state index >= 15 is 0 Å². The maximum absolute atomic E-state index is 4.72. The fourth-order valence-electron chi connectivity index (χ4n) is 0.828. The molecule has 1 fully saturated rings. The van der Waals surface area contributed by atoms with Gasteiger partial charge in [-0.15, -0.1) is 0 Å². The molecule has 0 aromatic rings. The van der Waals surface area contributed by atoms with Crippen LogP contribution >= 0.6 is 12.2 Å². The largest absolute Gasteiger partial charge is 0.310 e. The van der Waals surface area contributed by atoms with Crippen molar-refractivity contribution in [3.8, 4) is 0 Å². The Kier molecular flexibility index (Phi) is 1.77. The van der Waals surface area contributed by atoms with Gasteiger partial charge >= 0.3 is 0 Å². The van der Waals surface area contributed by atoms with Gasteiger partial charge in [0.05, 0.1) is 0 Å². The molecule has 1 heterocycles. The van der Waals surface area contributed by atoms with Gasteiger partial charge in [0.2, 0.25) is 0 Å². The van der Waals surface area contributed by atoms with Crippen LogP contribution in [0.2, 0.25) is 0 Å². The molecule has 1 saturated heterocycles. The van der Waals surface area contributed by atoms with Crippen LogP contribution in [-0.2, 0) is 0 Å². The van der Waals surface area contributed by atoms with Gasteiger partial charge in [-0.1, -0.05) is 12.2 Å². The molecule has 0 radical (unpaired) electrons. The van der Waals surface area contributed by atoms with Crippen LogP contribution in [0.25, 0.3) is 0 Å². The van der Waals surface area contributed by atoms with Crippen molar-refractivity contribution in [2.45, 2.75) is 18.9 Å². The molecule has 0 aromatic heterocycles. The average molecular weight is 115 g/mol. The highest BCUT2D eigenvalue weighted by Crippen LogP contribution is 2.01. The van der Waals surface area contributed by atoms with Crippen molar-refractivity contribution in [1.82, 2.24) is 5.32 Å². The van der Waals surface area contributed by atoms with E-state index in [4.69, 9.17) is 12.2 Å². The van der Waals surface area contributed by atoms with Crippen molar-refractivity contribution in [3.05, 3.63) is 0 Å². The molecular weight excluding hydrogens is 106 g/mol. The molecule has 0 bridgehead atoms. The van der Waals surface area contributed by atoms with Gasteiger partial charge in [0.15, 0.2) is 0 Å². The van der Waals surface area contributed by atoms with Gasteiger partial charge in [0, 0.05) is 6.04 Å². The zero-order valence-electron chi connectivity index (χ0n) is 4.18. The Morgan fingerprint density at radius 2 is 2.57 bits per heavy atom. The lowest BCUT2D eigenvalue weighted by Gasteiger charge is -1.96. The molecule has 1 aliphatic rings. The molecule has 0 spiro atoms. The van der Waals surface area contributed by atoms with Crippen LogP contribution in [0, 0.1) is 0 Å². The van der Waals surface area contributed by atoms with Crippen LogP contribution in [-0.4, -0.2) is 18.0 Å². The summed E-state index contributed by atoms with van der Waals surface area (Å²) in [5.41, 5.74) is 0. The van der Waals surface area contributed by atoms with Crippen LogP contribution in [0.1, 0.15) is 12.8 Å². The average Bonchev–Trinajstić information content (AvgIpc) is 2.14. The fourth-order valence-corrected chi connectivity index (χ4v) is 1.06. The molecule has 1 rings (SSSR count). The smallest absolute Gasteiger partial charge is 0.0354 e. The summed E-state index contributed by atoms with van der Waals surface area (Å²) in [5.74, 6) is 0. The van der Waals surface area contributed by atoms with Gasteiger partial charge in [0.1, 0.15) is 0 Å². The Bertz CT molecular complexity index is 66.5. The number of rotatable bonds is 1. The molecule has 0 aromatic carbocycles. The lowest BCUT2D eigenvalue weighted by atomic mass is 10.3. The van der Waals surface area contributed by atoms with Crippen molar-refractivity contribution in [2.75, 3.05) is 6.54 Å². The fraction of sp³-hybridized carbons (Fsp3) is 0.800. The standard InChI is InChI=1S/C5H9NS/c7-4-5-2-1-3-6-5/h4-6H,1-3H2/t5-/m0/s1. The summed E-state index contributed by atoms with van der Waals surface area (Å²) in [4.78, 5) is 0. The third-order valence-electron chi connectivity index (χ3n) is 1.26. The third kappa shape index (κ3) is 1.21. The topological polar surface area (TPSA) is 12.0 Å². The minimum absolute atomic E-state index is 0.537. The highest BCUT2D eigenvalue weighted by molar-refractivity contribution is 7.79.